The summed E-state index contributed by atoms with van der Waals surface area (Å²) in [5.41, 5.74) is 0.843. The van der Waals surface area contributed by atoms with E-state index >= 15 is 0 Å². The van der Waals surface area contributed by atoms with E-state index in [-0.39, 0.29) is 12.5 Å². The molecule has 3 rings (SSSR count). The van der Waals surface area contributed by atoms with Crippen LogP contribution < -0.4 is 19.1 Å². The predicted molar refractivity (Wildman–Crippen MR) is 125 cm³/mol. The second-order valence-corrected chi connectivity index (χ2v) is 7.88. The van der Waals surface area contributed by atoms with E-state index in [1.54, 1.807) is 31.3 Å². The number of benzene rings is 2. The average Bonchev–Trinajstić information content (AvgIpc) is 3.23. The molecule has 0 atom stereocenters. The number of nitrogens with zero attached hydrogens (tertiary/aromatic N) is 3. The van der Waals surface area contributed by atoms with Gasteiger partial charge in [-0.3, -0.25) is 9.69 Å². The molecule has 0 bridgehead atoms. The lowest BCUT2D eigenvalue weighted by Gasteiger charge is -2.24. The summed E-state index contributed by atoms with van der Waals surface area (Å²) in [5, 5.41) is 0.662. The van der Waals surface area contributed by atoms with Gasteiger partial charge >= 0.3 is 0 Å². The van der Waals surface area contributed by atoms with Crippen molar-refractivity contribution in [3.8, 4) is 17.2 Å². The molecule has 0 radical (unpaired) electrons. The molecule has 166 valence electrons. The van der Waals surface area contributed by atoms with Crippen LogP contribution in [0.15, 0.2) is 42.5 Å². The molecule has 0 saturated heterocycles. The number of anilines is 1. The first kappa shape index (κ1) is 22.8. The van der Waals surface area contributed by atoms with Crippen LogP contribution in [0.4, 0.5) is 5.13 Å². The van der Waals surface area contributed by atoms with Gasteiger partial charge in [0.05, 0.1) is 24.4 Å². The molecule has 1 amide bonds. The van der Waals surface area contributed by atoms with Gasteiger partial charge in [-0.15, -0.1) is 0 Å². The number of carbonyl (C=O) groups is 1. The van der Waals surface area contributed by atoms with Crippen LogP contribution in [0.5, 0.6) is 17.2 Å². The normalized spacial score (nSPS) is 11.0. The molecule has 2 aromatic carbocycles. The number of methoxy groups -OCH3 is 2. The first-order valence-corrected chi connectivity index (χ1v) is 11.1. The highest BCUT2D eigenvalue weighted by Crippen LogP contribution is 2.31. The van der Waals surface area contributed by atoms with E-state index < -0.39 is 0 Å². The molecule has 1 heterocycles. The number of aromatic nitrogens is 1. The van der Waals surface area contributed by atoms with Crippen LogP contribution in [-0.4, -0.2) is 62.8 Å². The minimum absolute atomic E-state index is 0.0787. The lowest BCUT2D eigenvalue weighted by atomic mass is 10.3. The molecule has 7 nitrogen and oxygen atoms in total. The summed E-state index contributed by atoms with van der Waals surface area (Å²) >= 11 is 1.48. The van der Waals surface area contributed by atoms with E-state index in [9.17, 15) is 4.79 Å². The third-order valence-corrected chi connectivity index (χ3v) is 6.10. The van der Waals surface area contributed by atoms with Crippen LogP contribution in [-0.2, 0) is 4.79 Å². The largest absolute Gasteiger partial charge is 0.497 e. The minimum Gasteiger partial charge on any atom is -0.497 e. The Balaban J connectivity index is 1.80. The monoisotopic (exact) mass is 443 g/mol. The minimum atomic E-state index is -0.138. The summed E-state index contributed by atoms with van der Waals surface area (Å²) in [5.74, 6) is 1.90. The van der Waals surface area contributed by atoms with Crippen molar-refractivity contribution in [2.45, 2.75) is 13.8 Å². The highest BCUT2D eigenvalue weighted by molar-refractivity contribution is 7.22. The first-order valence-electron chi connectivity index (χ1n) is 10.3. The van der Waals surface area contributed by atoms with E-state index in [0.29, 0.717) is 23.2 Å². The molecule has 3 aromatic rings. The maximum absolute atomic E-state index is 13.2. The quantitative estimate of drug-likeness (QED) is 0.445. The Kier molecular flexibility index (Phi) is 8.08. The topological polar surface area (TPSA) is 64.1 Å². The van der Waals surface area contributed by atoms with Crippen molar-refractivity contribution in [3.05, 3.63) is 42.5 Å². The highest BCUT2D eigenvalue weighted by Gasteiger charge is 2.21. The molecule has 0 N–H and O–H groups in total. The van der Waals surface area contributed by atoms with E-state index in [1.165, 1.54) is 11.3 Å². The Morgan fingerprint density at radius 2 is 1.68 bits per heavy atom. The van der Waals surface area contributed by atoms with E-state index in [2.05, 4.69) is 18.7 Å². The summed E-state index contributed by atoms with van der Waals surface area (Å²) in [6, 6.07) is 13.0. The fourth-order valence-electron chi connectivity index (χ4n) is 3.16. The number of carbonyl (C=O) groups excluding carboxylic acids is 1. The number of amides is 1. The summed E-state index contributed by atoms with van der Waals surface area (Å²) in [6.07, 6.45) is 0. The zero-order valence-electron chi connectivity index (χ0n) is 18.5. The van der Waals surface area contributed by atoms with Crippen LogP contribution in [0.3, 0.4) is 0 Å². The van der Waals surface area contributed by atoms with Crippen molar-refractivity contribution in [2.75, 3.05) is 51.9 Å². The van der Waals surface area contributed by atoms with Gasteiger partial charge in [0.15, 0.2) is 11.7 Å². The number of hydrogen-bond acceptors (Lipinski definition) is 7. The van der Waals surface area contributed by atoms with Crippen LogP contribution >= 0.6 is 11.3 Å². The molecule has 8 heteroatoms. The fourth-order valence-corrected chi connectivity index (χ4v) is 4.19. The summed E-state index contributed by atoms with van der Waals surface area (Å²) in [7, 11) is 3.24. The van der Waals surface area contributed by atoms with Gasteiger partial charge in [-0.2, -0.15) is 0 Å². The maximum Gasteiger partial charge on any atom is 0.266 e. The lowest BCUT2D eigenvalue weighted by molar-refractivity contribution is -0.120. The molecule has 0 fully saturated rings. The predicted octanol–water partition coefficient (Wildman–Crippen LogP) is 4.07. The molecule has 0 aliphatic rings. The summed E-state index contributed by atoms with van der Waals surface area (Å²) in [6.45, 7) is 7.31. The lowest BCUT2D eigenvalue weighted by Crippen LogP contribution is -2.41. The number of likely N-dealkylation sites (N-methyl/N-ethyl adjacent to an activating group) is 1. The van der Waals surface area contributed by atoms with Crippen molar-refractivity contribution in [1.29, 1.82) is 0 Å². The van der Waals surface area contributed by atoms with Gasteiger partial charge in [0, 0.05) is 19.2 Å². The molecular weight excluding hydrogens is 414 g/mol. The average molecular weight is 444 g/mol. The van der Waals surface area contributed by atoms with Gasteiger partial charge in [0.25, 0.3) is 5.91 Å². The standard InChI is InChI=1S/C23H29N3O4S/c1-5-25(6-2)12-13-26(22(27)16-30-19-9-7-8-17(14-19)28-3)23-24-20-11-10-18(29-4)15-21(20)31-23/h7-11,14-15H,5-6,12-13,16H2,1-4H3. The Morgan fingerprint density at radius 1 is 0.968 bits per heavy atom. The summed E-state index contributed by atoms with van der Waals surface area (Å²) < 4.78 is 17.3. The third-order valence-electron chi connectivity index (χ3n) is 5.05. The smallest absolute Gasteiger partial charge is 0.266 e. The second-order valence-electron chi connectivity index (χ2n) is 6.87. The molecule has 0 saturated carbocycles. The van der Waals surface area contributed by atoms with Gasteiger partial charge in [-0.25, -0.2) is 4.98 Å². The number of rotatable bonds is 11. The van der Waals surface area contributed by atoms with Crippen LogP contribution in [0, 0.1) is 0 Å². The van der Waals surface area contributed by atoms with Crippen LogP contribution in [0.2, 0.25) is 0 Å². The SMILES string of the molecule is CCN(CC)CCN(C(=O)COc1cccc(OC)c1)c1nc2ccc(OC)cc2s1. The zero-order valence-corrected chi connectivity index (χ0v) is 19.3. The van der Waals surface area contributed by atoms with E-state index in [1.807, 2.05) is 30.3 Å². The number of thiazole rings is 1. The fraction of sp³-hybridized carbons (Fsp3) is 0.391. The van der Waals surface area contributed by atoms with E-state index in [0.717, 1.165) is 35.6 Å². The Hall–Kier alpha value is -2.84. The number of hydrogen-bond donors (Lipinski definition) is 0. The van der Waals surface area contributed by atoms with Gasteiger partial charge in [-0.1, -0.05) is 31.3 Å². The molecule has 0 unspecified atom stereocenters. The summed E-state index contributed by atoms with van der Waals surface area (Å²) in [4.78, 5) is 21.8. The van der Waals surface area contributed by atoms with Crippen molar-refractivity contribution in [2.24, 2.45) is 0 Å². The number of ether oxygens (including phenoxy) is 3. The van der Waals surface area contributed by atoms with Crippen molar-refractivity contribution >= 4 is 32.6 Å². The van der Waals surface area contributed by atoms with Crippen LogP contribution in [0.25, 0.3) is 10.2 Å². The Bertz CT molecular complexity index is 1000. The van der Waals surface area contributed by atoms with Crippen molar-refractivity contribution < 1.29 is 19.0 Å². The van der Waals surface area contributed by atoms with Gasteiger partial charge < -0.3 is 19.1 Å². The molecule has 31 heavy (non-hydrogen) atoms. The molecule has 0 aliphatic heterocycles. The molecule has 0 spiro atoms. The van der Waals surface area contributed by atoms with Gasteiger partial charge in [0.2, 0.25) is 0 Å². The molecular formula is C23H29N3O4S. The highest BCUT2D eigenvalue weighted by atomic mass is 32.1. The van der Waals surface area contributed by atoms with Crippen molar-refractivity contribution in [3.63, 3.8) is 0 Å². The Morgan fingerprint density at radius 3 is 2.39 bits per heavy atom. The Labute approximate surface area is 187 Å². The maximum atomic E-state index is 13.2. The first-order chi connectivity index (χ1) is 15.1. The number of fused-ring (bicyclic) bond motifs is 1. The molecule has 0 aliphatic carbocycles. The van der Waals surface area contributed by atoms with Gasteiger partial charge in [-0.05, 0) is 43.4 Å². The molecule has 1 aromatic heterocycles. The van der Waals surface area contributed by atoms with Crippen molar-refractivity contribution in [1.82, 2.24) is 9.88 Å². The van der Waals surface area contributed by atoms with E-state index in [4.69, 9.17) is 19.2 Å². The second kappa shape index (κ2) is 11.0. The van der Waals surface area contributed by atoms with Crippen LogP contribution in [0.1, 0.15) is 13.8 Å². The third kappa shape index (κ3) is 5.86. The zero-order chi connectivity index (χ0) is 22.2. The van der Waals surface area contributed by atoms with Gasteiger partial charge in [0.1, 0.15) is 17.2 Å².